The van der Waals surface area contributed by atoms with E-state index in [4.69, 9.17) is 19.0 Å². The van der Waals surface area contributed by atoms with Crippen LogP contribution in [0.15, 0.2) is 35.5 Å². The van der Waals surface area contributed by atoms with Crippen molar-refractivity contribution >= 4 is 29.7 Å². The van der Waals surface area contributed by atoms with E-state index in [0.29, 0.717) is 5.71 Å². The molecular weight excluding hydrogens is 494 g/mol. The van der Waals surface area contributed by atoms with Gasteiger partial charge in [0.1, 0.15) is 35.9 Å². The summed E-state index contributed by atoms with van der Waals surface area (Å²) in [5, 5.41) is 9.66. The maximum absolute atomic E-state index is 13.1. The van der Waals surface area contributed by atoms with Gasteiger partial charge in [-0.25, -0.2) is 4.79 Å². The highest BCUT2D eigenvalue weighted by Crippen LogP contribution is 2.38. The van der Waals surface area contributed by atoms with Gasteiger partial charge in [0.2, 0.25) is 5.91 Å². The maximum Gasteiger partial charge on any atom is 0.408 e. The van der Waals surface area contributed by atoms with Gasteiger partial charge < -0.3 is 29.7 Å². The van der Waals surface area contributed by atoms with E-state index in [2.05, 4.69) is 15.8 Å². The number of amides is 2. The summed E-state index contributed by atoms with van der Waals surface area (Å²) in [5.41, 5.74) is -0.0572. The molecule has 1 saturated carbocycles. The Kier molecular flexibility index (Phi) is 8.68. The Hall–Kier alpha value is -3.63. The molecule has 1 aliphatic heterocycles. The summed E-state index contributed by atoms with van der Waals surface area (Å²) in [6, 6.07) is 7.67. The Labute approximate surface area is 222 Å². The molecular formula is C27H37N3O8. The van der Waals surface area contributed by atoms with Gasteiger partial charge in [0.15, 0.2) is 0 Å². The molecule has 0 spiro atoms. The number of esters is 2. The molecule has 38 heavy (non-hydrogen) atoms. The van der Waals surface area contributed by atoms with Gasteiger partial charge >= 0.3 is 18.0 Å². The second-order valence-electron chi connectivity index (χ2n) is 11.4. The summed E-state index contributed by atoms with van der Waals surface area (Å²) >= 11 is 0. The monoisotopic (exact) mass is 531 g/mol. The third-order valence-corrected chi connectivity index (χ3v) is 5.75. The van der Waals surface area contributed by atoms with Crippen LogP contribution in [0.2, 0.25) is 0 Å². The van der Waals surface area contributed by atoms with Gasteiger partial charge in [0.25, 0.3) is 0 Å². The van der Waals surface area contributed by atoms with E-state index < -0.39 is 71.8 Å². The number of oxime groups is 1. The molecule has 11 heteroatoms. The molecule has 2 aliphatic rings. The first kappa shape index (κ1) is 28.9. The second kappa shape index (κ2) is 11.4. The largest absolute Gasteiger partial charge is 0.460 e. The zero-order valence-corrected chi connectivity index (χ0v) is 22.9. The number of carbonyl (C=O) groups excluding carboxylic acids is 4. The van der Waals surface area contributed by atoms with Crippen LogP contribution in [-0.4, -0.2) is 65.1 Å². The minimum absolute atomic E-state index is 0.253. The molecule has 0 aromatic heterocycles. The minimum atomic E-state index is -0.943. The van der Waals surface area contributed by atoms with Crippen LogP contribution in [0, 0.1) is 5.92 Å². The molecule has 0 bridgehead atoms. The summed E-state index contributed by atoms with van der Waals surface area (Å²) in [6.07, 6.45) is -2.30. The van der Waals surface area contributed by atoms with Crippen molar-refractivity contribution in [2.45, 2.75) is 96.8 Å². The van der Waals surface area contributed by atoms with E-state index in [1.807, 2.05) is 30.3 Å². The van der Waals surface area contributed by atoms with Gasteiger partial charge in [-0.1, -0.05) is 35.5 Å². The Morgan fingerprint density at radius 3 is 2.24 bits per heavy atom. The highest BCUT2D eigenvalue weighted by atomic mass is 16.6. The molecule has 0 unspecified atom stereocenters. The van der Waals surface area contributed by atoms with Crippen LogP contribution in [0.3, 0.4) is 0 Å². The van der Waals surface area contributed by atoms with Crippen molar-refractivity contribution in [1.29, 1.82) is 0 Å². The van der Waals surface area contributed by atoms with Crippen LogP contribution in [0.4, 0.5) is 4.79 Å². The first-order valence-electron chi connectivity index (χ1n) is 12.6. The summed E-state index contributed by atoms with van der Waals surface area (Å²) in [6.45, 7) is 11.8. The predicted octanol–water partition coefficient (Wildman–Crippen LogP) is 2.85. The van der Waals surface area contributed by atoms with Gasteiger partial charge in [-0.05, 0) is 54.0 Å². The van der Waals surface area contributed by atoms with Crippen LogP contribution in [0.1, 0.15) is 66.9 Å². The van der Waals surface area contributed by atoms with Crippen LogP contribution in [0.5, 0.6) is 0 Å². The maximum atomic E-state index is 13.1. The molecule has 1 fully saturated rings. The second-order valence-corrected chi connectivity index (χ2v) is 11.4. The Morgan fingerprint density at radius 2 is 1.63 bits per heavy atom. The van der Waals surface area contributed by atoms with Gasteiger partial charge in [-0.2, -0.15) is 0 Å². The Morgan fingerprint density at radius 1 is 1.00 bits per heavy atom. The zero-order chi connectivity index (χ0) is 28.3. The van der Waals surface area contributed by atoms with Crippen LogP contribution >= 0.6 is 0 Å². The van der Waals surface area contributed by atoms with E-state index in [9.17, 15) is 19.2 Å². The number of alkyl carbamates (subject to hydrolysis) is 1. The van der Waals surface area contributed by atoms with Gasteiger partial charge in [0.05, 0.1) is 17.7 Å². The predicted molar refractivity (Wildman–Crippen MR) is 137 cm³/mol. The van der Waals surface area contributed by atoms with Crippen molar-refractivity contribution in [3.63, 3.8) is 0 Å². The number of ether oxygens (including phenoxy) is 3. The summed E-state index contributed by atoms with van der Waals surface area (Å²) in [5.74, 6) is -2.41. The molecule has 1 aliphatic carbocycles. The number of hydrogen-bond donors (Lipinski definition) is 2. The van der Waals surface area contributed by atoms with E-state index in [1.54, 1.807) is 41.5 Å². The first-order chi connectivity index (χ1) is 17.6. The number of rotatable bonds is 7. The Bertz CT molecular complexity index is 1070. The lowest BCUT2D eigenvalue weighted by atomic mass is 9.91. The number of hydrogen-bond acceptors (Lipinski definition) is 9. The van der Waals surface area contributed by atoms with Crippen molar-refractivity contribution in [3.05, 3.63) is 35.9 Å². The topological polar surface area (TPSA) is 142 Å². The molecule has 208 valence electrons. The SMILES string of the molecule is C[C@H](NC(=O)OC(C)(C)C)C(=O)N[C@H]1[C@@H]2C(c3ccccc3)=NO[C@@H]2C[C@H]1OC(=O)CC(=O)OC(C)(C)C. The normalized spacial score (nSPS) is 23.3. The third-order valence-electron chi connectivity index (χ3n) is 5.75. The van der Waals surface area contributed by atoms with Gasteiger partial charge in [-0.3, -0.25) is 14.4 Å². The van der Waals surface area contributed by atoms with Crippen molar-refractivity contribution in [2.24, 2.45) is 11.1 Å². The van der Waals surface area contributed by atoms with Crippen molar-refractivity contribution < 1.29 is 38.2 Å². The van der Waals surface area contributed by atoms with Crippen LogP contribution in [0.25, 0.3) is 0 Å². The number of nitrogens with zero attached hydrogens (tertiary/aromatic N) is 1. The van der Waals surface area contributed by atoms with Gasteiger partial charge in [-0.15, -0.1) is 0 Å². The highest BCUT2D eigenvalue weighted by molar-refractivity contribution is 6.04. The molecule has 3 rings (SSSR count). The van der Waals surface area contributed by atoms with Crippen LogP contribution < -0.4 is 10.6 Å². The zero-order valence-electron chi connectivity index (χ0n) is 22.9. The quantitative estimate of drug-likeness (QED) is 0.311. The van der Waals surface area contributed by atoms with E-state index in [1.165, 1.54) is 6.92 Å². The van der Waals surface area contributed by atoms with E-state index in [0.717, 1.165) is 5.56 Å². The smallest absolute Gasteiger partial charge is 0.408 e. The summed E-state index contributed by atoms with van der Waals surface area (Å²) in [7, 11) is 0. The number of fused-ring (bicyclic) bond motifs is 1. The Balaban J connectivity index is 1.76. The fourth-order valence-corrected chi connectivity index (χ4v) is 4.33. The molecule has 5 atom stereocenters. The average molecular weight is 532 g/mol. The van der Waals surface area contributed by atoms with Gasteiger partial charge in [0, 0.05) is 6.42 Å². The summed E-state index contributed by atoms with van der Waals surface area (Å²) < 4.78 is 16.1. The number of nitrogens with one attached hydrogen (secondary N) is 2. The first-order valence-corrected chi connectivity index (χ1v) is 12.6. The minimum Gasteiger partial charge on any atom is -0.460 e. The molecule has 0 saturated heterocycles. The standard InChI is InChI=1S/C27H37N3O8/c1-15(28-25(34)37-27(5,6)7)24(33)29-23-18(35-19(31)14-20(32)36-26(2,3)4)13-17-21(23)22(30-38-17)16-11-9-8-10-12-16/h8-12,15,17-18,21,23H,13-14H2,1-7H3,(H,28,34)(H,29,33)/t15-,17+,18+,21-,23+/m0/s1. The molecule has 1 aromatic rings. The lowest BCUT2D eigenvalue weighted by Crippen LogP contribution is -2.54. The number of carbonyl (C=O) groups is 4. The van der Waals surface area contributed by atoms with E-state index >= 15 is 0 Å². The fourth-order valence-electron chi connectivity index (χ4n) is 4.33. The third kappa shape index (κ3) is 7.93. The van der Waals surface area contributed by atoms with Crippen LogP contribution in [-0.2, 0) is 33.4 Å². The lowest BCUT2D eigenvalue weighted by molar-refractivity contribution is -0.164. The average Bonchev–Trinajstić information content (AvgIpc) is 3.31. The fraction of sp³-hybridized carbons (Fsp3) is 0.593. The summed E-state index contributed by atoms with van der Waals surface area (Å²) in [4.78, 5) is 55.7. The molecule has 0 radical (unpaired) electrons. The molecule has 2 N–H and O–H groups in total. The molecule has 1 aromatic carbocycles. The molecule has 11 nitrogen and oxygen atoms in total. The molecule has 2 amide bonds. The van der Waals surface area contributed by atoms with Crippen molar-refractivity contribution in [3.8, 4) is 0 Å². The van der Waals surface area contributed by atoms with Crippen molar-refractivity contribution in [2.75, 3.05) is 0 Å². The number of benzene rings is 1. The lowest BCUT2D eigenvalue weighted by Gasteiger charge is -2.27. The molecule has 1 heterocycles. The van der Waals surface area contributed by atoms with Crippen molar-refractivity contribution in [1.82, 2.24) is 10.6 Å². The van der Waals surface area contributed by atoms with E-state index in [-0.39, 0.29) is 6.42 Å². The highest BCUT2D eigenvalue weighted by Gasteiger charge is 2.53.